The average molecular weight is 641 g/mol. The van der Waals surface area contributed by atoms with Crippen molar-refractivity contribution in [3.63, 3.8) is 0 Å². The van der Waals surface area contributed by atoms with E-state index in [4.69, 9.17) is 0 Å². The molecule has 0 bridgehead atoms. The van der Waals surface area contributed by atoms with Crippen molar-refractivity contribution in [1.82, 2.24) is 0 Å². The van der Waals surface area contributed by atoms with Gasteiger partial charge >= 0.3 is 12.4 Å². The predicted octanol–water partition coefficient (Wildman–Crippen LogP) is 11.5. The summed E-state index contributed by atoms with van der Waals surface area (Å²) < 4.78 is 146. The molecule has 44 heavy (non-hydrogen) atoms. The first-order valence-corrected chi connectivity index (χ1v) is 12.6. The molecule has 12 heteroatoms. The second-order valence-electron chi connectivity index (χ2n) is 9.57. The highest BCUT2D eigenvalue weighted by atomic mass is 19.4. The maximum Gasteiger partial charge on any atom is 0.416 e. The molecule has 0 saturated heterocycles. The third-order valence-electron chi connectivity index (χ3n) is 5.25. The first-order chi connectivity index (χ1) is 20.2. The van der Waals surface area contributed by atoms with Gasteiger partial charge in [-0.2, -0.15) is 26.3 Å². The summed E-state index contributed by atoms with van der Waals surface area (Å²) in [5.41, 5.74) is 0.773. The quantitative estimate of drug-likeness (QED) is 0.191. The van der Waals surface area contributed by atoms with Crippen molar-refractivity contribution in [1.29, 1.82) is 0 Å². The number of hydrogen-bond donors (Lipinski definition) is 0. The van der Waals surface area contributed by atoms with Crippen molar-refractivity contribution < 1.29 is 52.7 Å². The molecule has 0 nitrogen and oxygen atoms in total. The molecule has 0 fully saturated rings. The van der Waals surface area contributed by atoms with Crippen LogP contribution in [-0.4, -0.2) is 0 Å². The molecule has 0 spiro atoms. The summed E-state index contributed by atoms with van der Waals surface area (Å²) in [7, 11) is 0. The highest BCUT2D eigenvalue weighted by Crippen LogP contribution is 2.31. The molecular weight excluding hydrogens is 612 g/mol. The van der Waals surface area contributed by atoms with Gasteiger partial charge in [0.2, 0.25) is 0 Å². The Balaban J connectivity index is 0.000000296. The smallest absolute Gasteiger partial charge is 0.246 e. The lowest BCUT2D eigenvalue weighted by molar-refractivity contribution is -0.138. The van der Waals surface area contributed by atoms with Gasteiger partial charge in [-0.15, -0.1) is 0 Å². The maximum absolute atomic E-state index is 12.5. The third-order valence-corrected chi connectivity index (χ3v) is 5.25. The minimum Gasteiger partial charge on any atom is -0.246 e. The molecule has 4 rings (SSSR count). The summed E-state index contributed by atoms with van der Waals surface area (Å²) in [5, 5.41) is 0. The Morgan fingerprint density at radius 1 is 0.386 bits per heavy atom. The third kappa shape index (κ3) is 14.5. The predicted molar refractivity (Wildman–Crippen MR) is 144 cm³/mol. The molecule has 0 aliphatic carbocycles. The van der Waals surface area contributed by atoms with Gasteiger partial charge in [0.25, 0.3) is 0 Å². The van der Waals surface area contributed by atoms with E-state index in [0.29, 0.717) is 22.8 Å². The molecule has 0 atom stereocenters. The van der Waals surface area contributed by atoms with E-state index in [-0.39, 0.29) is 16.9 Å². The van der Waals surface area contributed by atoms with Crippen LogP contribution < -0.4 is 0 Å². The lowest BCUT2D eigenvalue weighted by atomic mass is 10.1. The summed E-state index contributed by atoms with van der Waals surface area (Å²) in [6.07, 6.45) is -8.86. The van der Waals surface area contributed by atoms with Crippen LogP contribution in [0.5, 0.6) is 0 Å². The zero-order chi connectivity index (χ0) is 33.8. The Kier molecular flexibility index (Phi) is 14.5. The first kappa shape index (κ1) is 38.1. The van der Waals surface area contributed by atoms with E-state index < -0.39 is 54.3 Å². The highest BCUT2D eigenvalue weighted by molar-refractivity contribution is 5.31. The second kappa shape index (κ2) is 16.8. The molecular formula is C32H28F12. The molecule has 4 aromatic carbocycles. The average Bonchev–Trinajstić information content (AvgIpc) is 2.86. The van der Waals surface area contributed by atoms with Crippen LogP contribution in [0.4, 0.5) is 52.7 Å². The number of halogens is 12. The van der Waals surface area contributed by atoms with Gasteiger partial charge in [-0.1, -0.05) is 17.7 Å². The van der Waals surface area contributed by atoms with Gasteiger partial charge in [-0.3, -0.25) is 0 Å². The molecule has 0 radical (unpaired) electrons. The Bertz CT molecular complexity index is 1400. The van der Waals surface area contributed by atoms with Crippen LogP contribution in [0, 0.1) is 51.0 Å². The van der Waals surface area contributed by atoms with Gasteiger partial charge in [0.1, 0.15) is 36.6 Å². The minimum absolute atomic E-state index is 0.0623. The van der Waals surface area contributed by atoms with Crippen molar-refractivity contribution >= 4 is 0 Å². The fraction of sp³-hybridized carbons (Fsp3) is 0.250. The first-order valence-electron chi connectivity index (χ1n) is 12.6. The van der Waals surface area contributed by atoms with Crippen LogP contribution in [0.2, 0.25) is 0 Å². The molecule has 0 amide bonds. The monoisotopic (exact) mass is 640 g/mol. The summed E-state index contributed by atoms with van der Waals surface area (Å²) >= 11 is 0. The highest BCUT2D eigenvalue weighted by Gasteiger charge is 2.31. The van der Waals surface area contributed by atoms with Crippen LogP contribution in [0.15, 0.2) is 72.8 Å². The Hall–Kier alpha value is -3.96. The second-order valence-corrected chi connectivity index (χ2v) is 9.57. The SMILES string of the molecule is Cc1cc(CF)cc(C(F)(F)F)c1.Cc1cc(F)cc(C(F)(F)F)c1.Cc1cc(F)cc(CF)c1.Cc1cc(F)cc(F)c1. The van der Waals surface area contributed by atoms with E-state index in [1.54, 1.807) is 19.9 Å². The number of aryl methyl sites for hydroxylation is 4. The molecule has 240 valence electrons. The summed E-state index contributed by atoms with van der Waals surface area (Å²) in [5.74, 6) is -2.27. The van der Waals surface area contributed by atoms with Crippen molar-refractivity contribution in [3.05, 3.63) is 141 Å². The molecule has 0 N–H and O–H groups in total. The van der Waals surface area contributed by atoms with Gasteiger partial charge in [0.15, 0.2) is 0 Å². The fourth-order valence-electron chi connectivity index (χ4n) is 3.58. The zero-order valence-corrected chi connectivity index (χ0v) is 23.9. The topological polar surface area (TPSA) is 0 Å². The Labute approximate surface area is 247 Å². The van der Waals surface area contributed by atoms with Crippen LogP contribution in [0.3, 0.4) is 0 Å². The van der Waals surface area contributed by atoms with Gasteiger partial charge in [-0.25, -0.2) is 26.3 Å². The van der Waals surface area contributed by atoms with Crippen LogP contribution in [0.25, 0.3) is 0 Å². The largest absolute Gasteiger partial charge is 0.416 e. The standard InChI is InChI=1S/C9H8F4.C8H6F4.C8H8F2.C7H6F2/c1-6-2-7(5-10)4-8(3-6)9(11,12)13;1-5-2-6(8(10,11)12)4-7(9)3-5;1-6-2-7(5-9)4-8(10)3-6;1-5-2-6(8)4-7(9)3-5/h2-4H,5H2,1H3;2-4H,1H3;2-4H,5H2,1H3;2-4H,1H3. The van der Waals surface area contributed by atoms with E-state index >= 15 is 0 Å². The van der Waals surface area contributed by atoms with Crippen LogP contribution >= 0.6 is 0 Å². The summed E-state index contributed by atoms with van der Waals surface area (Å²) in [6.45, 7) is 4.84. The van der Waals surface area contributed by atoms with Crippen molar-refractivity contribution in [3.8, 4) is 0 Å². The molecule has 4 aromatic rings. The lowest BCUT2D eigenvalue weighted by Gasteiger charge is -2.08. The van der Waals surface area contributed by atoms with Gasteiger partial charge in [-0.05, 0) is 110 Å². The zero-order valence-electron chi connectivity index (χ0n) is 23.9. The van der Waals surface area contributed by atoms with Gasteiger partial charge in [0.05, 0.1) is 11.1 Å². The number of alkyl halides is 8. The Morgan fingerprint density at radius 2 is 0.682 bits per heavy atom. The van der Waals surface area contributed by atoms with Crippen molar-refractivity contribution in [2.75, 3.05) is 0 Å². The minimum atomic E-state index is -4.47. The van der Waals surface area contributed by atoms with E-state index in [1.807, 2.05) is 0 Å². The van der Waals surface area contributed by atoms with Crippen LogP contribution in [-0.2, 0) is 25.7 Å². The normalized spacial score (nSPS) is 10.9. The Morgan fingerprint density at radius 3 is 1.02 bits per heavy atom. The fourth-order valence-corrected chi connectivity index (χ4v) is 3.58. The molecule has 0 aromatic heterocycles. The summed E-state index contributed by atoms with van der Waals surface area (Å²) in [4.78, 5) is 0. The van der Waals surface area contributed by atoms with Gasteiger partial charge in [0, 0.05) is 6.07 Å². The van der Waals surface area contributed by atoms with E-state index in [2.05, 4.69) is 0 Å². The lowest BCUT2D eigenvalue weighted by Crippen LogP contribution is -2.05. The summed E-state index contributed by atoms with van der Waals surface area (Å²) in [6, 6.07) is 13.3. The number of benzene rings is 4. The number of hydrogen-bond acceptors (Lipinski definition) is 0. The van der Waals surface area contributed by atoms with Gasteiger partial charge < -0.3 is 0 Å². The van der Waals surface area contributed by atoms with Crippen LogP contribution in [0.1, 0.15) is 44.5 Å². The molecule has 0 aliphatic rings. The molecule has 0 unspecified atom stereocenters. The van der Waals surface area contributed by atoms with E-state index in [1.165, 1.54) is 44.2 Å². The van der Waals surface area contributed by atoms with E-state index in [9.17, 15) is 52.7 Å². The van der Waals surface area contributed by atoms with Crippen molar-refractivity contribution in [2.45, 2.75) is 53.4 Å². The van der Waals surface area contributed by atoms with E-state index in [0.717, 1.165) is 35.9 Å². The molecule has 0 heterocycles. The van der Waals surface area contributed by atoms with Crippen molar-refractivity contribution in [2.24, 2.45) is 0 Å². The maximum atomic E-state index is 12.5. The molecule has 0 saturated carbocycles. The molecule has 0 aliphatic heterocycles. The number of rotatable bonds is 2.